The third kappa shape index (κ3) is 5.82. The summed E-state index contributed by atoms with van der Waals surface area (Å²) in [7, 11) is 0. The summed E-state index contributed by atoms with van der Waals surface area (Å²) in [6.07, 6.45) is 2.44. The van der Waals surface area contributed by atoms with Crippen LogP contribution in [0.2, 0.25) is 0 Å². The molecule has 0 saturated carbocycles. The molecule has 2 aromatic rings. The number of ether oxygens (including phenoxy) is 1. The Kier molecular flexibility index (Phi) is 7.03. The smallest absolute Gasteiger partial charge is 0.320 e. The van der Waals surface area contributed by atoms with Gasteiger partial charge in [-0.1, -0.05) is 48.9 Å². The second-order valence-corrected chi connectivity index (χ2v) is 7.02. The summed E-state index contributed by atoms with van der Waals surface area (Å²) in [5.74, 6) is -0.165. The Morgan fingerprint density at radius 2 is 1.75 bits per heavy atom. The predicted molar refractivity (Wildman–Crippen MR) is 106 cm³/mol. The van der Waals surface area contributed by atoms with Gasteiger partial charge in [-0.2, -0.15) is 0 Å². The molecule has 0 spiro atoms. The van der Waals surface area contributed by atoms with Gasteiger partial charge in [0.2, 0.25) is 5.91 Å². The fourth-order valence-corrected chi connectivity index (χ4v) is 3.34. The Morgan fingerprint density at radius 3 is 2.46 bits per heavy atom. The van der Waals surface area contributed by atoms with Crippen LogP contribution >= 0.6 is 0 Å². The van der Waals surface area contributed by atoms with Gasteiger partial charge in [0.25, 0.3) is 0 Å². The number of benzene rings is 2. The van der Waals surface area contributed by atoms with Crippen molar-refractivity contribution in [1.82, 2.24) is 10.2 Å². The lowest BCUT2D eigenvalue weighted by atomic mass is 10.0. The van der Waals surface area contributed by atoms with E-state index in [0.717, 1.165) is 29.7 Å². The lowest BCUT2D eigenvalue weighted by molar-refractivity contribution is -0.145. The van der Waals surface area contributed by atoms with Crippen molar-refractivity contribution in [1.29, 1.82) is 0 Å². The quantitative estimate of drug-likeness (QED) is 0.734. The van der Waals surface area contributed by atoms with Gasteiger partial charge >= 0.3 is 5.97 Å². The van der Waals surface area contributed by atoms with E-state index in [1.807, 2.05) is 54.6 Å². The van der Waals surface area contributed by atoms with Crippen LogP contribution in [-0.4, -0.2) is 41.0 Å². The minimum absolute atomic E-state index is 0.125. The molecule has 1 atom stereocenters. The lowest BCUT2D eigenvalue weighted by Gasteiger charge is -2.32. The van der Waals surface area contributed by atoms with Crippen LogP contribution in [-0.2, 0) is 22.7 Å². The zero-order valence-corrected chi connectivity index (χ0v) is 15.8. The lowest BCUT2D eigenvalue weighted by Crippen LogP contribution is -2.48. The van der Waals surface area contributed by atoms with Crippen LogP contribution in [0, 0.1) is 0 Å². The molecule has 28 heavy (non-hydrogen) atoms. The number of amides is 1. The van der Waals surface area contributed by atoms with Crippen molar-refractivity contribution >= 4 is 11.9 Å². The number of carbonyl (C=O) groups excluding carboxylic acids is 1. The number of hydrogen-bond donors (Lipinski definition) is 2. The van der Waals surface area contributed by atoms with E-state index in [-0.39, 0.29) is 12.5 Å². The van der Waals surface area contributed by atoms with E-state index in [9.17, 15) is 14.7 Å². The molecular weight excluding hydrogens is 356 g/mol. The van der Waals surface area contributed by atoms with Crippen LogP contribution < -0.4 is 10.1 Å². The standard InChI is InChI=1S/C22H26N2O4/c25-21(15-24-13-5-4-8-20(24)22(26)27)23-14-17-9-11-18(12-10-17)16-28-19-6-2-1-3-7-19/h1-3,6-7,9-12,20H,4-5,8,13-16H2,(H,23,25)(H,26,27). The first-order valence-corrected chi connectivity index (χ1v) is 9.61. The summed E-state index contributed by atoms with van der Waals surface area (Å²) in [5.41, 5.74) is 2.04. The number of piperidine rings is 1. The van der Waals surface area contributed by atoms with Gasteiger partial charge in [-0.3, -0.25) is 14.5 Å². The summed E-state index contributed by atoms with van der Waals surface area (Å²) < 4.78 is 5.72. The van der Waals surface area contributed by atoms with Gasteiger partial charge in [-0.15, -0.1) is 0 Å². The number of carbonyl (C=O) groups is 2. The normalized spacial score (nSPS) is 17.1. The molecule has 0 radical (unpaired) electrons. The van der Waals surface area contributed by atoms with Gasteiger partial charge in [-0.05, 0) is 42.6 Å². The largest absolute Gasteiger partial charge is 0.489 e. The molecule has 2 aromatic carbocycles. The SMILES string of the molecule is O=C(CN1CCCCC1C(=O)O)NCc1ccc(COc2ccccc2)cc1. The first-order valence-electron chi connectivity index (χ1n) is 9.61. The molecule has 1 heterocycles. The fourth-order valence-electron chi connectivity index (χ4n) is 3.34. The fraction of sp³-hybridized carbons (Fsp3) is 0.364. The second-order valence-electron chi connectivity index (χ2n) is 7.02. The molecule has 2 N–H and O–H groups in total. The molecule has 1 fully saturated rings. The second kappa shape index (κ2) is 9.90. The molecule has 0 aromatic heterocycles. The average molecular weight is 382 g/mol. The van der Waals surface area contributed by atoms with Gasteiger partial charge in [0.15, 0.2) is 0 Å². The molecule has 6 nitrogen and oxygen atoms in total. The Hall–Kier alpha value is -2.86. The van der Waals surface area contributed by atoms with Gasteiger partial charge in [0, 0.05) is 6.54 Å². The summed E-state index contributed by atoms with van der Waals surface area (Å²) in [5, 5.41) is 12.2. The minimum atomic E-state index is -0.846. The van der Waals surface area contributed by atoms with E-state index >= 15 is 0 Å². The van der Waals surface area contributed by atoms with Crippen molar-refractivity contribution in [2.24, 2.45) is 0 Å². The number of rotatable bonds is 8. The van der Waals surface area contributed by atoms with Crippen molar-refractivity contribution in [3.05, 3.63) is 65.7 Å². The van der Waals surface area contributed by atoms with E-state index in [1.54, 1.807) is 4.90 Å². The monoisotopic (exact) mass is 382 g/mol. The van der Waals surface area contributed by atoms with Gasteiger partial charge in [0.1, 0.15) is 18.4 Å². The number of nitrogens with one attached hydrogen (secondary N) is 1. The summed E-state index contributed by atoms with van der Waals surface area (Å²) in [6.45, 7) is 1.69. The molecular formula is C22H26N2O4. The molecule has 0 aliphatic carbocycles. The number of hydrogen-bond acceptors (Lipinski definition) is 4. The van der Waals surface area contributed by atoms with Gasteiger partial charge in [-0.25, -0.2) is 0 Å². The van der Waals surface area contributed by atoms with Crippen molar-refractivity contribution in [3.8, 4) is 5.75 Å². The Balaban J connectivity index is 1.44. The molecule has 1 amide bonds. The molecule has 1 aliphatic rings. The highest BCUT2D eigenvalue weighted by Crippen LogP contribution is 2.17. The van der Waals surface area contributed by atoms with Crippen LogP contribution in [0.25, 0.3) is 0 Å². The third-order valence-corrected chi connectivity index (χ3v) is 4.91. The maximum atomic E-state index is 12.2. The topological polar surface area (TPSA) is 78.9 Å². The van der Waals surface area contributed by atoms with Crippen LogP contribution in [0.15, 0.2) is 54.6 Å². The predicted octanol–water partition coefficient (Wildman–Crippen LogP) is 2.82. The van der Waals surface area contributed by atoms with Gasteiger partial charge in [0.05, 0.1) is 6.54 Å². The summed E-state index contributed by atoms with van der Waals surface area (Å²) >= 11 is 0. The highest BCUT2D eigenvalue weighted by Gasteiger charge is 2.29. The maximum Gasteiger partial charge on any atom is 0.320 e. The number of likely N-dealkylation sites (tertiary alicyclic amines) is 1. The Morgan fingerprint density at radius 1 is 1.04 bits per heavy atom. The van der Waals surface area contributed by atoms with Crippen LogP contribution in [0.5, 0.6) is 5.75 Å². The van der Waals surface area contributed by atoms with Crippen molar-refractivity contribution in [2.75, 3.05) is 13.1 Å². The number of nitrogens with zero attached hydrogens (tertiary/aromatic N) is 1. The molecule has 1 saturated heterocycles. The minimum Gasteiger partial charge on any atom is -0.489 e. The van der Waals surface area contributed by atoms with Crippen molar-refractivity contribution < 1.29 is 19.4 Å². The molecule has 6 heteroatoms. The third-order valence-electron chi connectivity index (χ3n) is 4.91. The van der Waals surface area contributed by atoms with Crippen molar-refractivity contribution in [3.63, 3.8) is 0 Å². The van der Waals surface area contributed by atoms with Crippen LogP contribution in [0.1, 0.15) is 30.4 Å². The van der Waals surface area contributed by atoms with Crippen LogP contribution in [0.4, 0.5) is 0 Å². The number of carboxylic acids is 1. The Labute approximate surface area is 165 Å². The number of para-hydroxylation sites is 1. The number of aliphatic carboxylic acids is 1. The van der Waals surface area contributed by atoms with Gasteiger partial charge < -0.3 is 15.2 Å². The van der Waals surface area contributed by atoms with Crippen LogP contribution in [0.3, 0.4) is 0 Å². The number of carboxylic acid groups (broad SMARTS) is 1. The molecule has 148 valence electrons. The van der Waals surface area contributed by atoms with E-state index in [1.165, 1.54) is 0 Å². The summed E-state index contributed by atoms with van der Waals surface area (Å²) in [6, 6.07) is 17.0. The van der Waals surface area contributed by atoms with Crippen molar-refractivity contribution in [2.45, 2.75) is 38.5 Å². The zero-order valence-electron chi connectivity index (χ0n) is 15.8. The highest BCUT2D eigenvalue weighted by molar-refractivity contribution is 5.80. The molecule has 3 rings (SSSR count). The molecule has 1 aliphatic heterocycles. The maximum absolute atomic E-state index is 12.2. The first-order chi connectivity index (χ1) is 13.6. The van der Waals surface area contributed by atoms with E-state index in [0.29, 0.717) is 26.1 Å². The average Bonchev–Trinajstić information content (AvgIpc) is 2.72. The zero-order chi connectivity index (χ0) is 19.8. The Bertz CT molecular complexity index is 777. The summed E-state index contributed by atoms with van der Waals surface area (Å²) in [4.78, 5) is 25.3. The van der Waals surface area contributed by atoms with E-state index in [4.69, 9.17) is 4.74 Å². The molecule has 1 unspecified atom stereocenters. The first kappa shape index (κ1) is 19.9. The highest BCUT2D eigenvalue weighted by atomic mass is 16.5. The molecule has 0 bridgehead atoms. The van der Waals surface area contributed by atoms with E-state index in [2.05, 4.69) is 5.32 Å². The van der Waals surface area contributed by atoms with E-state index < -0.39 is 12.0 Å².